The Balaban J connectivity index is 3.09. The fraction of sp³-hybridized carbons (Fsp3) is 0.643. The molecule has 0 bridgehead atoms. The third-order valence-electron chi connectivity index (χ3n) is 3.01. The van der Waals surface area contributed by atoms with Gasteiger partial charge in [0.15, 0.2) is 0 Å². The van der Waals surface area contributed by atoms with Gasteiger partial charge in [-0.1, -0.05) is 20.3 Å². The molecule has 0 saturated heterocycles. The van der Waals surface area contributed by atoms with E-state index in [0.717, 1.165) is 36.3 Å². The number of hydrogen-bond acceptors (Lipinski definition) is 4. The monoisotopic (exact) mass is 252 g/mol. The predicted octanol–water partition coefficient (Wildman–Crippen LogP) is 2.33. The number of nitrogens with two attached hydrogens (primary N) is 1. The van der Waals surface area contributed by atoms with Crippen molar-refractivity contribution in [3.05, 3.63) is 17.3 Å². The van der Waals surface area contributed by atoms with E-state index in [1.807, 2.05) is 6.07 Å². The summed E-state index contributed by atoms with van der Waals surface area (Å²) in [6.07, 6.45) is 3.62. The van der Waals surface area contributed by atoms with Crippen molar-refractivity contribution in [1.29, 1.82) is 0 Å². The van der Waals surface area contributed by atoms with Crippen molar-refractivity contribution in [2.24, 2.45) is 5.73 Å². The fourth-order valence-electron chi connectivity index (χ4n) is 1.89. The van der Waals surface area contributed by atoms with E-state index in [-0.39, 0.29) is 6.04 Å². The van der Waals surface area contributed by atoms with Crippen LogP contribution in [0, 0.1) is 0 Å². The van der Waals surface area contributed by atoms with Gasteiger partial charge in [0, 0.05) is 18.0 Å². The van der Waals surface area contributed by atoms with Gasteiger partial charge in [0.05, 0.1) is 19.9 Å². The second-order valence-corrected chi connectivity index (χ2v) is 4.43. The maximum absolute atomic E-state index is 5.98. The number of nitrogens with zero attached hydrogens (tertiary/aromatic N) is 1. The smallest absolute Gasteiger partial charge is 0.216 e. The van der Waals surface area contributed by atoms with E-state index in [4.69, 9.17) is 15.2 Å². The molecule has 2 N–H and O–H groups in total. The van der Waals surface area contributed by atoms with Crippen molar-refractivity contribution in [1.82, 2.24) is 4.98 Å². The lowest BCUT2D eigenvalue weighted by atomic mass is 10.1. The highest BCUT2D eigenvalue weighted by Crippen LogP contribution is 2.27. The predicted molar refractivity (Wildman–Crippen MR) is 73.3 cm³/mol. The number of pyridine rings is 1. The summed E-state index contributed by atoms with van der Waals surface area (Å²) in [6, 6.07) is 2.13. The van der Waals surface area contributed by atoms with Gasteiger partial charge in [0.25, 0.3) is 0 Å². The third kappa shape index (κ3) is 3.60. The van der Waals surface area contributed by atoms with Crippen LogP contribution in [0.2, 0.25) is 0 Å². The van der Waals surface area contributed by atoms with Crippen LogP contribution < -0.4 is 15.2 Å². The second-order valence-electron chi connectivity index (χ2n) is 4.43. The summed E-state index contributed by atoms with van der Waals surface area (Å²) in [5, 5.41) is 0. The Morgan fingerprint density at radius 2 is 2.00 bits per heavy atom. The molecule has 102 valence electrons. The van der Waals surface area contributed by atoms with E-state index in [2.05, 4.69) is 18.8 Å². The molecule has 0 aliphatic carbocycles. The zero-order valence-electron chi connectivity index (χ0n) is 11.8. The van der Waals surface area contributed by atoms with Crippen LogP contribution in [0.4, 0.5) is 0 Å². The molecule has 1 unspecified atom stereocenters. The van der Waals surface area contributed by atoms with E-state index < -0.39 is 0 Å². The molecule has 4 nitrogen and oxygen atoms in total. The molecule has 1 atom stereocenters. The molecule has 1 rings (SSSR count). The zero-order valence-corrected chi connectivity index (χ0v) is 11.8. The van der Waals surface area contributed by atoms with Crippen LogP contribution in [0.25, 0.3) is 0 Å². The molecule has 0 aliphatic rings. The molecular formula is C14H24N2O2. The minimum atomic E-state index is 0.105. The molecule has 1 aromatic rings. The van der Waals surface area contributed by atoms with E-state index >= 15 is 0 Å². The lowest BCUT2D eigenvalue weighted by Crippen LogP contribution is -2.22. The SMILES string of the molecule is CCCc1cc(OC)c(CC(N)CC)nc1OC. The zero-order chi connectivity index (χ0) is 13.5. The first-order valence-electron chi connectivity index (χ1n) is 6.52. The van der Waals surface area contributed by atoms with Gasteiger partial charge in [0.1, 0.15) is 5.75 Å². The number of hydrogen-bond donors (Lipinski definition) is 1. The first-order chi connectivity index (χ1) is 8.65. The molecule has 0 spiro atoms. The van der Waals surface area contributed by atoms with Gasteiger partial charge >= 0.3 is 0 Å². The number of methoxy groups -OCH3 is 2. The van der Waals surface area contributed by atoms with Crippen LogP contribution in [-0.2, 0) is 12.8 Å². The molecule has 1 aromatic heterocycles. The summed E-state index contributed by atoms with van der Waals surface area (Å²) in [4.78, 5) is 4.54. The fourth-order valence-corrected chi connectivity index (χ4v) is 1.89. The molecule has 0 aliphatic heterocycles. The van der Waals surface area contributed by atoms with Crippen LogP contribution in [0.15, 0.2) is 6.07 Å². The van der Waals surface area contributed by atoms with Gasteiger partial charge < -0.3 is 15.2 Å². The van der Waals surface area contributed by atoms with Gasteiger partial charge in [-0.3, -0.25) is 0 Å². The van der Waals surface area contributed by atoms with E-state index in [9.17, 15) is 0 Å². The van der Waals surface area contributed by atoms with E-state index in [1.54, 1.807) is 14.2 Å². The van der Waals surface area contributed by atoms with Crippen molar-refractivity contribution in [3.63, 3.8) is 0 Å². The van der Waals surface area contributed by atoms with Crippen molar-refractivity contribution in [2.75, 3.05) is 14.2 Å². The van der Waals surface area contributed by atoms with E-state index in [1.165, 1.54) is 0 Å². The average molecular weight is 252 g/mol. The molecule has 4 heteroatoms. The number of rotatable bonds is 7. The Hall–Kier alpha value is -1.29. The molecule has 0 fully saturated rings. The summed E-state index contributed by atoms with van der Waals surface area (Å²) in [5.41, 5.74) is 7.95. The molecule has 18 heavy (non-hydrogen) atoms. The summed E-state index contributed by atoms with van der Waals surface area (Å²) in [7, 11) is 3.32. The Kier molecular flexibility index (Phi) is 5.92. The highest BCUT2D eigenvalue weighted by atomic mass is 16.5. The number of aryl methyl sites for hydroxylation is 1. The lowest BCUT2D eigenvalue weighted by Gasteiger charge is -2.15. The highest BCUT2D eigenvalue weighted by molar-refractivity contribution is 5.39. The maximum Gasteiger partial charge on any atom is 0.216 e. The topological polar surface area (TPSA) is 57.4 Å². The normalized spacial score (nSPS) is 12.3. The summed E-state index contributed by atoms with van der Waals surface area (Å²) < 4.78 is 10.7. The van der Waals surface area contributed by atoms with Crippen LogP contribution in [0.1, 0.15) is 37.9 Å². The first-order valence-corrected chi connectivity index (χ1v) is 6.52. The van der Waals surface area contributed by atoms with Gasteiger partial charge in [-0.15, -0.1) is 0 Å². The quantitative estimate of drug-likeness (QED) is 0.809. The van der Waals surface area contributed by atoms with Crippen molar-refractivity contribution in [2.45, 2.75) is 45.6 Å². The van der Waals surface area contributed by atoms with Gasteiger partial charge in [-0.2, -0.15) is 0 Å². The number of ether oxygens (including phenoxy) is 2. The third-order valence-corrected chi connectivity index (χ3v) is 3.01. The summed E-state index contributed by atoms with van der Waals surface area (Å²) >= 11 is 0. The van der Waals surface area contributed by atoms with Crippen molar-refractivity contribution >= 4 is 0 Å². The van der Waals surface area contributed by atoms with Crippen LogP contribution >= 0.6 is 0 Å². The maximum atomic E-state index is 5.98. The largest absolute Gasteiger partial charge is 0.495 e. The summed E-state index contributed by atoms with van der Waals surface area (Å²) in [6.45, 7) is 4.20. The Morgan fingerprint density at radius 3 is 2.50 bits per heavy atom. The minimum absolute atomic E-state index is 0.105. The van der Waals surface area contributed by atoms with E-state index in [0.29, 0.717) is 12.3 Å². The Morgan fingerprint density at radius 1 is 1.28 bits per heavy atom. The van der Waals surface area contributed by atoms with Crippen LogP contribution in [0.3, 0.4) is 0 Å². The Bertz CT molecular complexity index is 380. The molecule has 1 heterocycles. The molecule has 0 aromatic carbocycles. The van der Waals surface area contributed by atoms with Crippen molar-refractivity contribution < 1.29 is 9.47 Å². The Labute approximate surface area is 110 Å². The summed E-state index contributed by atoms with van der Waals surface area (Å²) in [5.74, 6) is 1.50. The standard InChI is InChI=1S/C14H24N2O2/c1-5-7-10-8-13(17-3)12(9-11(15)6-2)16-14(10)18-4/h8,11H,5-7,9,15H2,1-4H3. The minimum Gasteiger partial charge on any atom is -0.495 e. The van der Waals surface area contributed by atoms with Gasteiger partial charge in [-0.25, -0.2) is 4.98 Å². The molecule has 0 saturated carbocycles. The molecular weight excluding hydrogens is 228 g/mol. The highest BCUT2D eigenvalue weighted by Gasteiger charge is 2.14. The van der Waals surface area contributed by atoms with Crippen LogP contribution in [-0.4, -0.2) is 25.2 Å². The first kappa shape index (κ1) is 14.8. The second kappa shape index (κ2) is 7.21. The molecule has 0 radical (unpaired) electrons. The van der Waals surface area contributed by atoms with Gasteiger partial charge in [-0.05, 0) is 18.9 Å². The van der Waals surface area contributed by atoms with Gasteiger partial charge in [0.2, 0.25) is 5.88 Å². The number of aromatic nitrogens is 1. The average Bonchev–Trinajstić information content (AvgIpc) is 2.39. The molecule has 0 amide bonds. The van der Waals surface area contributed by atoms with Crippen LogP contribution in [0.5, 0.6) is 11.6 Å². The lowest BCUT2D eigenvalue weighted by molar-refractivity contribution is 0.375. The van der Waals surface area contributed by atoms with Crippen molar-refractivity contribution in [3.8, 4) is 11.6 Å².